The summed E-state index contributed by atoms with van der Waals surface area (Å²) in [5.41, 5.74) is 0. The predicted molar refractivity (Wildman–Crippen MR) is 43.2 cm³/mol. The third-order valence-electron chi connectivity index (χ3n) is 1.34. The molecule has 0 aromatic heterocycles. The van der Waals surface area contributed by atoms with Crippen molar-refractivity contribution in [3.05, 3.63) is 0 Å². The number of hydrogen-bond acceptors (Lipinski definition) is 4. The fourth-order valence-corrected chi connectivity index (χ4v) is 0.870. The summed E-state index contributed by atoms with van der Waals surface area (Å²) >= 11 is 0. The molecule has 0 aliphatic carbocycles. The van der Waals surface area contributed by atoms with E-state index >= 15 is 0 Å². The molecule has 0 atom stereocenters. The fraction of sp³-hybridized carbons (Fsp3) is 0.875. The number of nitriles is 1. The van der Waals surface area contributed by atoms with Gasteiger partial charge in [0.15, 0.2) is 0 Å². The maximum absolute atomic E-state index is 8.50. The summed E-state index contributed by atoms with van der Waals surface area (Å²) < 4.78 is 15.4. The highest BCUT2D eigenvalue weighted by molar-refractivity contribution is 4.76. The molecule has 0 unspecified atom stereocenters. The van der Waals surface area contributed by atoms with E-state index in [0.717, 1.165) is 0 Å². The molecule has 70 valence electrons. The van der Waals surface area contributed by atoms with Crippen molar-refractivity contribution in [1.29, 1.82) is 5.26 Å². The number of nitrogens with zero attached hydrogens (tertiary/aromatic N) is 1. The second-order valence-corrected chi connectivity index (χ2v) is 2.09. The highest BCUT2D eigenvalue weighted by Gasteiger charge is 2.31. The van der Waals surface area contributed by atoms with Crippen molar-refractivity contribution in [1.82, 2.24) is 0 Å². The zero-order valence-electron chi connectivity index (χ0n) is 7.79. The third kappa shape index (κ3) is 3.18. The van der Waals surface area contributed by atoms with Gasteiger partial charge >= 0.3 is 0 Å². The monoisotopic (exact) mass is 173 g/mol. The molecule has 0 aliphatic rings. The molecule has 0 fully saturated rings. The van der Waals surface area contributed by atoms with Gasteiger partial charge in [0.2, 0.25) is 0 Å². The predicted octanol–water partition coefficient (Wildman–Crippen LogP) is 1.27. The number of methoxy groups -OCH3 is 1. The summed E-state index contributed by atoms with van der Waals surface area (Å²) in [6.45, 7) is 4.55. The second-order valence-electron chi connectivity index (χ2n) is 2.09. The molecule has 0 N–H and O–H groups in total. The van der Waals surface area contributed by atoms with Crippen LogP contribution < -0.4 is 0 Å². The summed E-state index contributed by atoms with van der Waals surface area (Å²) in [4.78, 5) is 0. The molecule has 0 aromatic carbocycles. The van der Waals surface area contributed by atoms with Crippen LogP contribution in [-0.4, -0.2) is 26.3 Å². The van der Waals surface area contributed by atoms with Crippen LogP contribution in [0.3, 0.4) is 0 Å². The quantitative estimate of drug-likeness (QED) is 0.567. The molecule has 0 saturated heterocycles. The van der Waals surface area contributed by atoms with Crippen molar-refractivity contribution < 1.29 is 14.2 Å². The molecule has 0 radical (unpaired) electrons. The number of hydrogen-bond donors (Lipinski definition) is 0. The van der Waals surface area contributed by atoms with E-state index in [0.29, 0.717) is 13.2 Å². The van der Waals surface area contributed by atoms with Gasteiger partial charge in [-0.25, -0.2) is 0 Å². The van der Waals surface area contributed by atoms with Crippen LogP contribution in [0.25, 0.3) is 0 Å². The second kappa shape index (κ2) is 5.95. The first-order valence-electron chi connectivity index (χ1n) is 3.94. The lowest BCUT2D eigenvalue weighted by atomic mass is 10.4. The first-order chi connectivity index (χ1) is 5.74. The molecule has 0 bridgehead atoms. The van der Waals surface area contributed by atoms with Crippen molar-refractivity contribution in [3.8, 4) is 6.07 Å². The fourth-order valence-electron chi connectivity index (χ4n) is 0.870. The van der Waals surface area contributed by atoms with Gasteiger partial charge in [-0.2, -0.15) is 5.26 Å². The van der Waals surface area contributed by atoms with Gasteiger partial charge in [-0.3, -0.25) is 0 Å². The lowest BCUT2D eigenvalue weighted by Crippen LogP contribution is -2.37. The van der Waals surface area contributed by atoms with Crippen molar-refractivity contribution in [3.63, 3.8) is 0 Å². The summed E-state index contributed by atoms with van der Waals surface area (Å²) in [7, 11) is 1.46. The molecule has 12 heavy (non-hydrogen) atoms. The Morgan fingerprint density at radius 1 is 1.25 bits per heavy atom. The van der Waals surface area contributed by atoms with Gasteiger partial charge in [0, 0.05) is 20.3 Å². The number of ether oxygens (including phenoxy) is 3. The SMILES string of the molecule is CCOC(CC#N)(OC)OCC. The highest BCUT2D eigenvalue weighted by atomic mass is 16.9. The zero-order chi connectivity index (χ0) is 9.45. The van der Waals surface area contributed by atoms with Crippen molar-refractivity contribution >= 4 is 0 Å². The molecule has 4 nitrogen and oxygen atoms in total. The summed E-state index contributed by atoms with van der Waals surface area (Å²) in [5.74, 6) is -1.17. The molecule has 0 aromatic rings. The minimum absolute atomic E-state index is 0.0746. The Morgan fingerprint density at radius 3 is 2.00 bits per heavy atom. The molecule has 0 heterocycles. The van der Waals surface area contributed by atoms with Gasteiger partial charge in [0.1, 0.15) is 6.42 Å². The van der Waals surface area contributed by atoms with Crippen LogP contribution in [0, 0.1) is 11.3 Å². The van der Waals surface area contributed by atoms with E-state index in [-0.39, 0.29) is 6.42 Å². The Morgan fingerprint density at radius 2 is 1.75 bits per heavy atom. The molecule has 0 spiro atoms. The lowest BCUT2D eigenvalue weighted by molar-refractivity contribution is -0.365. The van der Waals surface area contributed by atoms with Crippen LogP contribution >= 0.6 is 0 Å². The van der Waals surface area contributed by atoms with E-state index < -0.39 is 5.97 Å². The maximum Gasteiger partial charge on any atom is 0.296 e. The normalized spacial score (nSPS) is 11.2. The minimum atomic E-state index is -1.17. The van der Waals surface area contributed by atoms with Gasteiger partial charge in [0.05, 0.1) is 6.07 Å². The Bertz CT molecular complexity index is 147. The van der Waals surface area contributed by atoms with Gasteiger partial charge in [-0.05, 0) is 13.8 Å². The molecule has 0 aliphatic heterocycles. The van der Waals surface area contributed by atoms with E-state index in [1.165, 1.54) is 7.11 Å². The molecular formula is C8H15NO3. The third-order valence-corrected chi connectivity index (χ3v) is 1.34. The topological polar surface area (TPSA) is 51.5 Å². The first-order valence-corrected chi connectivity index (χ1v) is 3.94. The Balaban J connectivity index is 4.19. The van der Waals surface area contributed by atoms with E-state index in [9.17, 15) is 0 Å². The molecule has 0 saturated carbocycles. The first kappa shape index (κ1) is 11.4. The Labute approximate surface area is 73.0 Å². The van der Waals surface area contributed by atoms with Crippen LogP contribution in [0.1, 0.15) is 20.3 Å². The highest BCUT2D eigenvalue weighted by Crippen LogP contribution is 2.18. The van der Waals surface area contributed by atoms with Crippen LogP contribution in [0.5, 0.6) is 0 Å². The Hall–Kier alpha value is -0.630. The molecule has 0 amide bonds. The van der Waals surface area contributed by atoms with Crippen molar-refractivity contribution in [2.75, 3.05) is 20.3 Å². The standard InChI is InChI=1S/C8H15NO3/c1-4-11-8(10-3,6-7-9)12-5-2/h4-6H2,1-3H3. The average Bonchev–Trinajstić information content (AvgIpc) is 2.06. The lowest BCUT2D eigenvalue weighted by Gasteiger charge is -2.28. The molecule has 4 heteroatoms. The van der Waals surface area contributed by atoms with Crippen LogP contribution in [0.15, 0.2) is 0 Å². The number of rotatable bonds is 6. The van der Waals surface area contributed by atoms with Crippen LogP contribution in [0.2, 0.25) is 0 Å². The maximum atomic E-state index is 8.50. The van der Waals surface area contributed by atoms with Gasteiger partial charge in [0.25, 0.3) is 5.97 Å². The average molecular weight is 173 g/mol. The zero-order valence-corrected chi connectivity index (χ0v) is 7.79. The summed E-state index contributed by atoms with van der Waals surface area (Å²) in [6, 6.07) is 1.95. The largest absolute Gasteiger partial charge is 0.330 e. The van der Waals surface area contributed by atoms with Gasteiger partial charge in [-0.15, -0.1) is 0 Å². The van der Waals surface area contributed by atoms with Crippen molar-refractivity contribution in [2.24, 2.45) is 0 Å². The summed E-state index contributed by atoms with van der Waals surface area (Å²) in [5, 5.41) is 8.50. The van der Waals surface area contributed by atoms with E-state index in [1.807, 2.05) is 19.9 Å². The molecular weight excluding hydrogens is 158 g/mol. The van der Waals surface area contributed by atoms with Crippen molar-refractivity contribution in [2.45, 2.75) is 26.2 Å². The van der Waals surface area contributed by atoms with E-state index in [1.54, 1.807) is 0 Å². The minimum Gasteiger partial charge on any atom is -0.330 e. The van der Waals surface area contributed by atoms with Crippen LogP contribution in [-0.2, 0) is 14.2 Å². The van der Waals surface area contributed by atoms with Gasteiger partial charge < -0.3 is 14.2 Å². The van der Waals surface area contributed by atoms with E-state index in [2.05, 4.69) is 0 Å². The Kier molecular flexibility index (Phi) is 5.64. The smallest absolute Gasteiger partial charge is 0.296 e. The van der Waals surface area contributed by atoms with E-state index in [4.69, 9.17) is 19.5 Å². The van der Waals surface area contributed by atoms with Gasteiger partial charge in [-0.1, -0.05) is 0 Å². The molecule has 0 rings (SSSR count). The van der Waals surface area contributed by atoms with Crippen LogP contribution in [0.4, 0.5) is 0 Å². The summed E-state index contributed by atoms with van der Waals surface area (Å²) in [6.07, 6.45) is 0.0746.